The van der Waals surface area contributed by atoms with E-state index in [1.165, 1.54) is 6.07 Å². The first kappa shape index (κ1) is 12.1. The van der Waals surface area contributed by atoms with Crippen LogP contribution in [0.3, 0.4) is 0 Å². The third kappa shape index (κ3) is 3.98. The Morgan fingerprint density at radius 3 is 2.73 bits per heavy atom. The highest BCUT2D eigenvalue weighted by Gasteiger charge is 2.04. The van der Waals surface area contributed by atoms with Gasteiger partial charge in [0.05, 0.1) is 0 Å². The molecule has 15 heavy (non-hydrogen) atoms. The molecule has 84 valence electrons. The second kappa shape index (κ2) is 6.53. The van der Waals surface area contributed by atoms with Crippen LogP contribution >= 0.6 is 0 Å². The highest BCUT2D eigenvalue weighted by Crippen LogP contribution is 2.06. The standard InChI is InChI=1S/C12H18FNO/c1-2-10(9-15)7-14-8-11-5-3-4-6-12(11)13/h3-6,10,14-15H,2,7-9H2,1H3. The van der Waals surface area contributed by atoms with Gasteiger partial charge in [-0.1, -0.05) is 25.1 Å². The largest absolute Gasteiger partial charge is 0.396 e. The van der Waals surface area contributed by atoms with E-state index in [1.807, 2.05) is 13.0 Å². The fourth-order valence-corrected chi connectivity index (χ4v) is 1.39. The van der Waals surface area contributed by atoms with Gasteiger partial charge in [-0.3, -0.25) is 0 Å². The highest BCUT2D eigenvalue weighted by atomic mass is 19.1. The number of rotatable bonds is 6. The van der Waals surface area contributed by atoms with Gasteiger partial charge in [0.2, 0.25) is 0 Å². The van der Waals surface area contributed by atoms with Crippen LogP contribution in [0, 0.1) is 11.7 Å². The first-order valence-corrected chi connectivity index (χ1v) is 5.33. The van der Waals surface area contributed by atoms with E-state index in [4.69, 9.17) is 5.11 Å². The number of hydrogen-bond acceptors (Lipinski definition) is 2. The van der Waals surface area contributed by atoms with Gasteiger partial charge in [0.15, 0.2) is 0 Å². The minimum atomic E-state index is -0.179. The molecule has 1 atom stereocenters. The summed E-state index contributed by atoms with van der Waals surface area (Å²) in [5, 5.41) is 12.1. The van der Waals surface area contributed by atoms with Gasteiger partial charge in [0, 0.05) is 25.3 Å². The molecule has 1 unspecified atom stereocenters. The first-order chi connectivity index (χ1) is 7.27. The Kier molecular flexibility index (Phi) is 5.29. The average molecular weight is 211 g/mol. The molecule has 2 nitrogen and oxygen atoms in total. The monoisotopic (exact) mass is 211 g/mol. The summed E-state index contributed by atoms with van der Waals surface area (Å²) in [5.41, 5.74) is 0.672. The molecule has 1 rings (SSSR count). The molecule has 0 aliphatic carbocycles. The molecule has 1 aromatic rings. The molecule has 0 bridgehead atoms. The van der Waals surface area contributed by atoms with Gasteiger partial charge >= 0.3 is 0 Å². The molecule has 0 spiro atoms. The second-order valence-electron chi connectivity index (χ2n) is 3.68. The van der Waals surface area contributed by atoms with Gasteiger partial charge in [-0.05, 0) is 18.4 Å². The van der Waals surface area contributed by atoms with Crippen molar-refractivity contribution in [2.75, 3.05) is 13.2 Å². The van der Waals surface area contributed by atoms with Gasteiger partial charge in [0.25, 0.3) is 0 Å². The molecule has 2 N–H and O–H groups in total. The van der Waals surface area contributed by atoms with Crippen molar-refractivity contribution in [1.82, 2.24) is 5.32 Å². The van der Waals surface area contributed by atoms with Crippen LogP contribution in [-0.4, -0.2) is 18.3 Å². The fourth-order valence-electron chi connectivity index (χ4n) is 1.39. The summed E-state index contributed by atoms with van der Waals surface area (Å²) >= 11 is 0. The molecule has 0 heterocycles. The molecular weight excluding hydrogens is 193 g/mol. The van der Waals surface area contributed by atoms with Crippen LogP contribution in [-0.2, 0) is 6.54 Å². The molecule has 3 heteroatoms. The first-order valence-electron chi connectivity index (χ1n) is 5.33. The zero-order valence-corrected chi connectivity index (χ0v) is 9.04. The Balaban J connectivity index is 2.34. The van der Waals surface area contributed by atoms with Crippen LogP contribution < -0.4 is 5.32 Å². The van der Waals surface area contributed by atoms with Crippen LogP contribution in [0.4, 0.5) is 4.39 Å². The van der Waals surface area contributed by atoms with Crippen molar-refractivity contribution in [1.29, 1.82) is 0 Å². The van der Waals surface area contributed by atoms with E-state index in [0.717, 1.165) is 13.0 Å². The molecule has 0 radical (unpaired) electrons. The quantitative estimate of drug-likeness (QED) is 0.753. The summed E-state index contributed by atoms with van der Waals surface area (Å²) in [7, 11) is 0. The van der Waals surface area contributed by atoms with Crippen molar-refractivity contribution < 1.29 is 9.50 Å². The Hall–Kier alpha value is -0.930. The van der Waals surface area contributed by atoms with Gasteiger partial charge in [-0.25, -0.2) is 4.39 Å². The lowest BCUT2D eigenvalue weighted by Gasteiger charge is -2.12. The van der Waals surface area contributed by atoms with Crippen LogP contribution in [0.2, 0.25) is 0 Å². The summed E-state index contributed by atoms with van der Waals surface area (Å²) in [6, 6.07) is 6.73. The summed E-state index contributed by atoms with van der Waals surface area (Å²) < 4.78 is 13.2. The Morgan fingerprint density at radius 2 is 2.13 bits per heavy atom. The predicted molar refractivity (Wildman–Crippen MR) is 59.0 cm³/mol. The Labute approximate surface area is 90.1 Å². The van der Waals surface area contributed by atoms with Crippen LogP contribution in [0.5, 0.6) is 0 Å². The van der Waals surface area contributed by atoms with Gasteiger partial charge in [0.1, 0.15) is 5.82 Å². The van der Waals surface area contributed by atoms with E-state index < -0.39 is 0 Å². The number of aliphatic hydroxyl groups excluding tert-OH is 1. The SMILES string of the molecule is CCC(CO)CNCc1ccccc1F. The van der Waals surface area contributed by atoms with E-state index >= 15 is 0 Å². The topological polar surface area (TPSA) is 32.3 Å². The summed E-state index contributed by atoms with van der Waals surface area (Å²) in [5.74, 6) is 0.0822. The molecule has 0 aromatic heterocycles. The zero-order chi connectivity index (χ0) is 11.1. The number of hydrogen-bond donors (Lipinski definition) is 2. The lowest BCUT2D eigenvalue weighted by molar-refractivity contribution is 0.218. The fraction of sp³-hybridized carbons (Fsp3) is 0.500. The lowest BCUT2D eigenvalue weighted by Crippen LogP contribution is -2.24. The number of halogens is 1. The maximum Gasteiger partial charge on any atom is 0.127 e. The van der Waals surface area contributed by atoms with E-state index in [-0.39, 0.29) is 18.3 Å². The number of nitrogens with one attached hydrogen (secondary N) is 1. The van der Waals surface area contributed by atoms with Crippen molar-refractivity contribution in [3.05, 3.63) is 35.6 Å². The zero-order valence-electron chi connectivity index (χ0n) is 9.04. The second-order valence-corrected chi connectivity index (χ2v) is 3.68. The average Bonchev–Trinajstić information content (AvgIpc) is 2.27. The molecular formula is C12H18FNO. The maximum absolute atomic E-state index is 13.2. The number of benzene rings is 1. The normalized spacial score (nSPS) is 12.7. The Morgan fingerprint density at radius 1 is 1.40 bits per heavy atom. The molecule has 1 aromatic carbocycles. The minimum absolute atomic E-state index is 0.179. The maximum atomic E-state index is 13.2. The van der Waals surface area contributed by atoms with Crippen molar-refractivity contribution in [3.63, 3.8) is 0 Å². The van der Waals surface area contributed by atoms with Crippen LogP contribution in [0.15, 0.2) is 24.3 Å². The van der Waals surface area contributed by atoms with Crippen LogP contribution in [0.25, 0.3) is 0 Å². The van der Waals surface area contributed by atoms with E-state index in [1.54, 1.807) is 12.1 Å². The lowest BCUT2D eigenvalue weighted by atomic mass is 10.1. The summed E-state index contributed by atoms with van der Waals surface area (Å²) in [6.45, 7) is 3.46. The van der Waals surface area contributed by atoms with E-state index in [9.17, 15) is 4.39 Å². The van der Waals surface area contributed by atoms with Gasteiger partial charge in [-0.15, -0.1) is 0 Å². The Bertz CT molecular complexity index is 287. The van der Waals surface area contributed by atoms with Crippen LogP contribution in [0.1, 0.15) is 18.9 Å². The minimum Gasteiger partial charge on any atom is -0.396 e. The predicted octanol–water partition coefficient (Wildman–Crippen LogP) is 1.93. The van der Waals surface area contributed by atoms with Crippen molar-refractivity contribution >= 4 is 0 Å². The molecule has 0 fully saturated rings. The summed E-state index contributed by atoms with van der Waals surface area (Å²) in [4.78, 5) is 0. The highest BCUT2D eigenvalue weighted by molar-refractivity contribution is 5.16. The van der Waals surface area contributed by atoms with E-state index in [2.05, 4.69) is 5.32 Å². The third-order valence-electron chi connectivity index (χ3n) is 2.54. The molecule has 0 saturated heterocycles. The molecule has 0 aliphatic rings. The molecule has 0 saturated carbocycles. The van der Waals surface area contributed by atoms with Crippen molar-refractivity contribution in [2.45, 2.75) is 19.9 Å². The van der Waals surface area contributed by atoms with Gasteiger partial charge in [-0.2, -0.15) is 0 Å². The number of aliphatic hydroxyl groups is 1. The van der Waals surface area contributed by atoms with Gasteiger partial charge < -0.3 is 10.4 Å². The van der Waals surface area contributed by atoms with Crippen molar-refractivity contribution in [2.24, 2.45) is 5.92 Å². The van der Waals surface area contributed by atoms with Crippen molar-refractivity contribution in [3.8, 4) is 0 Å². The smallest absolute Gasteiger partial charge is 0.127 e. The molecule has 0 aliphatic heterocycles. The third-order valence-corrected chi connectivity index (χ3v) is 2.54. The van der Waals surface area contributed by atoms with E-state index in [0.29, 0.717) is 12.1 Å². The summed E-state index contributed by atoms with van der Waals surface area (Å²) in [6.07, 6.45) is 0.931. The molecule has 0 amide bonds.